The Labute approximate surface area is 389 Å². The number of allylic oxidation sites excluding steroid dienone is 7. The van der Waals surface area contributed by atoms with E-state index in [4.69, 9.17) is 0 Å². The summed E-state index contributed by atoms with van der Waals surface area (Å²) in [6.45, 7) is 9.42. The molecule has 0 bridgehead atoms. The van der Waals surface area contributed by atoms with Crippen LogP contribution < -0.4 is 0 Å². The number of benzene rings is 9. The molecule has 3 heteroatoms. The predicted octanol–water partition coefficient (Wildman–Crippen LogP) is 18.6. The Morgan fingerprint density at radius 2 is 0.955 bits per heavy atom. The molecule has 0 radical (unpaired) electrons. The van der Waals surface area contributed by atoms with Crippen LogP contribution >= 0.6 is 11.3 Å². The molecule has 13 rings (SSSR count). The minimum atomic E-state index is 1.15. The summed E-state index contributed by atoms with van der Waals surface area (Å²) in [4.78, 5) is 0. The second-order valence-corrected chi connectivity index (χ2v) is 17.8. The van der Waals surface area contributed by atoms with E-state index in [2.05, 4.69) is 198 Å². The van der Waals surface area contributed by atoms with Crippen LogP contribution in [0.15, 0.2) is 231 Å². The summed E-state index contributed by atoms with van der Waals surface area (Å²) in [5.41, 5.74) is 14.9. The molecule has 0 aliphatic heterocycles. The SMILES string of the molecule is C/C=C\C=C/C.C=C/C=C\C.c1ccc(-n2c3ccccc3c3ccc(-n4c5ccc(-c6ccc7sc8ccccc8c7c6)cc5c5c6cccc7c6c(cc54)-c4ccccc4-7)cc32)cc1. The lowest BCUT2D eigenvalue weighted by atomic mass is 9.96. The quantitative estimate of drug-likeness (QED) is 0.153. The standard InChI is InChI=1S/C52H30N2S.C6H10.C5H8/c1-2-11-33(12-3-1)53-45-19-8-6-15-37(45)38-24-23-34(29-47(38)53)54-46-25-21-31(32-22-26-50-42(27-32)39-16-7-9-20-49(39)55-50)28-44(46)52-41-18-10-17-40-35-13-4-5-14-36(35)43(51(40)41)30-48(52)54;1-3-5-6-4-2;1-3-5-4-2/h1-30H;3-6H,1-2H3;3-5H,1H2,2H3/b;5-3-,6-4-;5-4-. The Bertz CT molecular complexity index is 3910. The van der Waals surface area contributed by atoms with Crippen molar-refractivity contribution in [3.8, 4) is 44.8 Å². The Balaban J connectivity index is 0.000000395. The third-order valence-corrected chi connectivity index (χ3v) is 14.0. The van der Waals surface area contributed by atoms with Crippen molar-refractivity contribution in [3.05, 3.63) is 231 Å². The number of hydrogen-bond donors (Lipinski definition) is 0. The van der Waals surface area contributed by atoms with Crippen LogP contribution in [0.1, 0.15) is 20.8 Å². The highest BCUT2D eigenvalue weighted by molar-refractivity contribution is 7.25. The molecule has 3 heterocycles. The van der Waals surface area contributed by atoms with Crippen LogP contribution in [0.4, 0.5) is 0 Å². The number of fused-ring (bicyclic) bond motifs is 13. The fourth-order valence-corrected chi connectivity index (χ4v) is 11.1. The summed E-state index contributed by atoms with van der Waals surface area (Å²) in [6.07, 6.45) is 13.6. The number of nitrogens with zero attached hydrogens (tertiary/aromatic N) is 2. The first-order chi connectivity index (χ1) is 32.6. The van der Waals surface area contributed by atoms with E-state index in [1.54, 1.807) is 6.08 Å². The van der Waals surface area contributed by atoms with Crippen LogP contribution in [0.2, 0.25) is 0 Å². The van der Waals surface area contributed by atoms with Gasteiger partial charge >= 0.3 is 0 Å². The predicted molar refractivity (Wildman–Crippen MR) is 290 cm³/mol. The van der Waals surface area contributed by atoms with E-state index in [-0.39, 0.29) is 0 Å². The molecule has 2 nitrogen and oxygen atoms in total. The van der Waals surface area contributed by atoms with E-state index in [0.717, 1.165) is 11.4 Å². The average molecular weight is 865 g/mol. The van der Waals surface area contributed by atoms with E-state index in [1.807, 2.05) is 68.6 Å². The first kappa shape index (κ1) is 40.8. The topological polar surface area (TPSA) is 9.86 Å². The van der Waals surface area contributed by atoms with Crippen molar-refractivity contribution < 1.29 is 0 Å². The largest absolute Gasteiger partial charge is 0.309 e. The third kappa shape index (κ3) is 6.71. The maximum Gasteiger partial charge on any atom is 0.0561 e. The van der Waals surface area contributed by atoms with E-state index in [9.17, 15) is 0 Å². The normalized spacial score (nSPS) is 12.0. The van der Waals surface area contributed by atoms with E-state index < -0.39 is 0 Å². The third-order valence-electron chi connectivity index (χ3n) is 12.9. The van der Waals surface area contributed by atoms with Gasteiger partial charge in [0.2, 0.25) is 0 Å². The summed E-state index contributed by atoms with van der Waals surface area (Å²) < 4.78 is 7.60. The van der Waals surface area contributed by atoms with Gasteiger partial charge in [0.15, 0.2) is 0 Å². The molecule has 1 aliphatic carbocycles. The molecule has 12 aromatic rings. The van der Waals surface area contributed by atoms with Crippen LogP contribution in [0.5, 0.6) is 0 Å². The Morgan fingerprint density at radius 3 is 1.71 bits per heavy atom. The number of para-hydroxylation sites is 2. The number of aromatic nitrogens is 2. The average Bonchev–Trinajstić information content (AvgIpc) is 4.11. The molecule has 3 aromatic heterocycles. The summed E-state index contributed by atoms with van der Waals surface area (Å²) >= 11 is 1.87. The maximum absolute atomic E-state index is 3.46. The number of thiophene rings is 1. The molecule has 1 aliphatic rings. The van der Waals surface area contributed by atoms with Crippen molar-refractivity contribution in [1.82, 2.24) is 9.13 Å². The van der Waals surface area contributed by atoms with Gasteiger partial charge in [0.25, 0.3) is 0 Å². The lowest BCUT2D eigenvalue weighted by Gasteiger charge is -2.12. The zero-order valence-electron chi connectivity index (χ0n) is 37.4. The van der Waals surface area contributed by atoms with Gasteiger partial charge in [-0.25, -0.2) is 0 Å². The van der Waals surface area contributed by atoms with Crippen LogP contribution in [0, 0.1) is 0 Å². The van der Waals surface area contributed by atoms with E-state index in [0.29, 0.717) is 0 Å². The maximum atomic E-state index is 3.46. The Hall–Kier alpha value is -7.98. The second-order valence-electron chi connectivity index (χ2n) is 16.7. The minimum Gasteiger partial charge on any atom is -0.309 e. The van der Waals surface area contributed by atoms with E-state index >= 15 is 0 Å². The molecule has 0 atom stereocenters. The molecule has 316 valence electrons. The van der Waals surface area contributed by atoms with Gasteiger partial charge in [-0.1, -0.05) is 164 Å². The van der Waals surface area contributed by atoms with Gasteiger partial charge in [0.05, 0.1) is 22.1 Å². The van der Waals surface area contributed by atoms with Crippen molar-refractivity contribution in [2.75, 3.05) is 0 Å². The molecular weight excluding hydrogens is 817 g/mol. The summed E-state index contributed by atoms with van der Waals surface area (Å²) in [7, 11) is 0. The summed E-state index contributed by atoms with van der Waals surface area (Å²) in [5, 5.41) is 10.4. The molecule has 0 unspecified atom stereocenters. The Kier molecular flexibility index (Phi) is 10.6. The molecule has 0 N–H and O–H groups in total. The minimum absolute atomic E-state index is 1.15. The second kappa shape index (κ2) is 17.2. The molecule has 66 heavy (non-hydrogen) atoms. The molecule has 9 aromatic carbocycles. The van der Waals surface area contributed by atoms with E-state index in [1.165, 1.54) is 108 Å². The van der Waals surface area contributed by atoms with Gasteiger partial charge < -0.3 is 9.13 Å². The highest BCUT2D eigenvalue weighted by Gasteiger charge is 2.26. The van der Waals surface area contributed by atoms with Gasteiger partial charge in [0.1, 0.15) is 0 Å². The Morgan fingerprint density at radius 1 is 0.364 bits per heavy atom. The summed E-state index contributed by atoms with van der Waals surface area (Å²) in [5.74, 6) is 0. The van der Waals surface area contributed by atoms with Gasteiger partial charge in [0, 0.05) is 53.1 Å². The van der Waals surface area contributed by atoms with Crippen LogP contribution in [-0.2, 0) is 0 Å². The molecule has 0 amide bonds. The fourth-order valence-electron chi connectivity index (χ4n) is 10.1. The molecule has 0 spiro atoms. The van der Waals surface area contributed by atoms with Crippen molar-refractivity contribution in [1.29, 1.82) is 0 Å². The number of rotatable bonds is 5. The lowest BCUT2D eigenvalue weighted by Crippen LogP contribution is -1.97. The van der Waals surface area contributed by atoms with Crippen LogP contribution in [-0.4, -0.2) is 9.13 Å². The highest BCUT2D eigenvalue weighted by atomic mass is 32.1. The van der Waals surface area contributed by atoms with Gasteiger partial charge in [-0.05, 0) is 132 Å². The number of hydrogen-bond acceptors (Lipinski definition) is 1. The first-order valence-corrected chi connectivity index (χ1v) is 23.6. The highest BCUT2D eigenvalue weighted by Crippen LogP contribution is 2.51. The van der Waals surface area contributed by atoms with Crippen molar-refractivity contribution in [3.63, 3.8) is 0 Å². The van der Waals surface area contributed by atoms with Crippen molar-refractivity contribution >= 4 is 85.9 Å². The van der Waals surface area contributed by atoms with Gasteiger partial charge in [-0.3, -0.25) is 0 Å². The van der Waals surface area contributed by atoms with Crippen LogP contribution in [0.25, 0.3) is 119 Å². The molecule has 0 fully saturated rings. The smallest absolute Gasteiger partial charge is 0.0561 e. The lowest BCUT2D eigenvalue weighted by molar-refractivity contribution is 1.15. The van der Waals surface area contributed by atoms with Crippen molar-refractivity contribution in [2.45, 2.75) is 20.8 Å². The van der Waals surface area contributed by atoms with Crippen molar-refractivity contribution in [2.24, 2.45) is 0 Å². The monoisotopic (exact) mass is 864 g/mol. The molecule has 0 saturated carbocycles. The first-order valence-electron chi connectivity index (χ1n) is 22.7. The van der Waals surface area contributed by atoms with Crippen LogP contribution in [0.3, 0.4) is 0 Å². The molecular formula is C63H48N2S. The summed E-state index contributed by atoms with van der Waals surface area (Å²) in [6, 6.07) is 67.7. The van der Waals surface area contributed by atoms with Gasteiger partial charge in [-0.2, -0.15) is 0 Å². The zero-order valence-corrected chi connectivity index (χ0v) is 38.2. The fraction of sp³-hybridized carbons (Fsp3) is 0.0476. The van der Waals surface area contributed by atoms with Gasteiger partial charge in [-0.15, -0.1) is 11.3 Å². The molecule has 0 saturated heterocycles. The zero-order chi connectivity index (χ0) is 44.7.